The molecule has 24 heavy (non-hydrogen) atoms. The lowest BCUT2D eigenvalue weighted by Gasteiger charge is -2.05. The van der Waals surface area contributed by atoms with Crippen LogP contribution in [0.3, 0.4) is 0 Å². The van der Waals surface area contributed by atoms with Gasteiger partial charge in [-0.25, -0.2) is 0 Å². The van der Waals surface area contributed by atoms with E-state index in [9.17, 15) is 9.59 Å². The highest BCUT2D eigenvalue weighted by Gasteiger charge is 2.18. The first-order valence-electron chi connectivity index (χ1n) is 7.31. The van der Waals surface area contributed by atoms with Crippen molar-refractivity contribution >= 4 is 40.1 Å². The molecule has 0 aliphatic heterocycles. The van der Waals surface area contributed by atoms with Crippen LogP contribution in [0.1, 0.15) is 26.5 Å². The van der Waals surface area contributed by atoms with Gasteiger partial charge in [0.15, 0.2) is 5.76 Å². The molecule has 0 unspecified atom stereocenters. The van der Waals surface area contributed by atoms with Gasteiger partial charge in [-0.1, -0.05) is 11.6 Å². The predicted molar refractivity (Wildman–Crippen MR) is 93.7 cm³/mol. The van der Waals surface area contributed by atoms with Crippen molar-refractivity contribution in [1.29, 1.82) is 0 Å². The Kier molecular flexibility index (Phi) is 4.27. The molecule has 1 aromatic heterocycles. The van der Waals surface area contributed by atoms with Crippen molar-refractivity contribution in [3.05, 3.63) is 64.4 Å². The van der Waals surface area contributed by atoms with Crippen LogP contribution in [0.15, 0.2) is 46.9 Å². The molecule has 2 N–H and O–H groups in total. The molecule has 2 aromatic carbocycles. The molecule has 2 amide bonds. The Bertz CT molecular complexity index is 929. The standard InChI is InChI=1S/C18H15ClN2O3/c1-10-14-9-12(19)5-8-15(14)24-16(10)18(23)21-13-6-3-11(4-7-13)17(22)20-2/h3-9H,1-2H3,(H,20,22)(H,21,23). The minimum absolute atomic E-state index is 0.183. The third kappa shape index (κ3) is 2.98. The third-order valence-electron chi connectivity index (χ3n) is 3.74. The van der Waals surface area contributed by atoms with Crippen molar-refractivity contribution in [1.82, 2.24) is 5.32 Å². The molecular formula is C18H15ClN2O3. The summed E-state index contributed by atoms with van der Waals surface area (Å²) in [5, 5.41) is 6.70. The minimum Gasteiger partial charge on any atom is -0.451 e. The molecule has 6 heteroatoms. The summed E-state index contributed by atoms with van der Waals surface area (Å²) in [6, 6.07) is 11.8. The molecule has 122 valence electrons. The molecule has 0 aliphatic carbocycles. The second kappa shape index (κ2) is 6.37. The van der Waals surface area contributed by atoms with Crippen LogP contribution in [0, 0.1) is 6.92 Å². The van der Waals surface area contributed by atoms with Crippen LogP contribution < -0.4 is 10.6 Å². The quantitative estimate of drug-likeness (QED) is 0.755. The van der Waals surface area contributed by atoms with Gasteiger partial charge < -0.3 is 15.1 Å². The van der Waals surface area contributed by atoms with E-state index in [2.05, 4.69) is 10.6 Å². The monoisotopic (exact) mass is 342 g/mol. The number of furan rings is 1. The Morgan fingerprint density at radius 2 is 1.75 bits per heavy atom. The number of carbonyl (C=O) groups excluding carboxylic acids is 2. The van der Waals surface area contributed by atoms with Gasteiger partial charge in [0.1, 0.15) is 5.58 Å². The zero-order valence-electron chi connectivity index (χ0n) is 13.1. The molecule has 0 aliphatic rings. The van der Waals surface area contributed by atoms with Gasteiger partial charge in [-0.3, -0.25) is 9.59 Å². The van der Waals surface area contributed by atoms with Crippen LogP contribution in [-0.2, 0) is 0 Å². The number of benzene rings is 2. The summed E-state index contributed by atoms with van der Waals surface area (Å²) in [5.74, 6) is -0.298. The van der Waals surface area contributed by atoms with E-state index in [0.717, 1.165) is 10.9 Å². The number of halogens is 1. The molecule has 1 heterocycles. The Morgan fingerprint density at radius 3 is 2.42 bits per heavy atom. The second-order valence-corrected chi connectivity index (χ2v) is 5.74. The average molecular weight is 343 g/mol. The van der Waals surface area contributed by atoms with Crippen LogP contribution in [0.4, 0.5) is 5.69 Å². The van der Waals surface area contributed by atoms with Gasteiger partial charge in [0.25, 0.3) is 11.8 Å². The molecule has 0 atom stereocenters. The maximum Gasteiger partial charge on any atom is 0.291 e. The number of nitrogens with one attached hydrogen (secondary N) is 2. The van der Waals surface area contributed by atoms with E-state index in [1.807, 2.05) is 6.92 Å². The van der Waals surface area contributed by atoms with E-state index in [1.165, 1.54) is 0 Å². The summed E-state index contributed by atoms with van der Waals surface area (Å²) in [4.78, 5) is 24.0. The highest BCUT2D eigenvalue weighted by atomic mass is 35.5. The van der Waals surface area contributed by atoms with Gasteiger partial charge >= 0.3 is 0 Å². The van der Waals surface area contributed by atoms with E-state index < -0.39 is 0 Å². The van der Waals surface area contributed by atoms with Crippen molar-refractivity contribution in [2.45, 2.75) is 6.92 Å². The van der Waals surface area contributed by atoms with Crippen LogP contribution in [-0.4, -0.2) is 18.9 Å². The van der Waals surface area contributed by atoms with Crippen molar-refractivity contribution in [3.63, 3.8) is 0 Å². The van der Waals surface area contributed by atoms with Crippen LogP contribution in [0.5, 0.6) is 0 Å². The van der Waals surface area contributed by atoms with Gasteiger partial charge in [0.05, 0.1) is 0 Å². The fraction of sp³-hybridized carbons (Fsp3) is 0.111. The molecule has 0 radical (unpaired) electrons. The number of hydrogen-bond acceptors (Lipinski definition) is 3. The Balaban J connectivity index is 1.85. The number of hydrogen-bond donors (Lipinski definition) is 2. The van der Waals surface area contributed by atoms with Gasteiger partial charge in [-0.2, -0.15) is 0 Å². The molecule has 0 fully saturated rings. The van der Waals surface area contributed by atoms with Crippen molar-refractivity contribution in [2.75, 3.05) is 12.4 Å². The van der Waals surface area contributed by atoms with E-state index in [0.29, 0.717) is 21.9 Å². The summed E-state index contributed by atoms with van der Waals surface area (Å²) in [6.07, 6.45) is 0. The maximum atomic E-state index is 12.4. The molecule has 5 nitrogen and oxygen atoms in total. The molecule has 3 aromatic rings. The molecule has 3 rings (SSSR count). The molecule has 0 saturated heterocycles. The highest BCUT2D eigenvalue weighted by molar-refractivity contribution is 6.31. The lowest BCUT2D eigenvalue weighted by Crippen LogP contribution is -2.18. The highest BCUT2D eigenvalue weighted by Crippen LogP contribution is 2.28. The fourth-order valence-electron chi connectivity index (χ4n) is 2.45. The number of rotatable bonds is 3. The normalized spacial score (nSPS) is 10.6. The summed E-state index contributed by atoms with van der Waals surface area (Å²) in [6.45, 7) is 1.81. The minimum atomic E-state index is -0.354. The summed E-state index contributed by atoms with van der Waals surface area (Å²) in [7, 11) is 1.56. The summed E-state index contributed by atoms with van der Waals surface area (Å²) in [5.41, 5.74) is 2.43. The zero-order chi connectivity index (χ0) is 17.3. The average Bonchev–Trinajstić information content (AvgIpc) is 2.91. The number of carbonyl (C=O) groups is 2. The Hall–Kier alpha value is -2.79. The lowest BCUT2D eigenvalue weighted by molar-refractivity contribution is 0.0962. The van der Waals surface area contributed by atoms with Gasteiger partial charge in [-0.15, -0.1) is 0 Å². The summed E-state index contributed by atoms with van der Waals surface area (Å²) < 4.78 is 5.63. The van der Waals surface area contributed by atoms with Crippen LogP contribution >= 0.6 is 11.6 Å². The van der Waals surface area contributed by atoms with Crippen molar-refractivity contribution in [3.8, 4) is 0 Å². The van der Waals surface area contributed by atoms with Gasteiger partial charge in [0, 0.05) is 34.3 Å². The Morgan fingerprint density at radius 1 is 1.04 bits per heavy atom. The van der Waals surface area contributed by atoms with Crippen LogP contribution in [0.2, 0.25) is 5.02 Å². The Labute approximate surface area is 143 Å². The van der Waals surface area contributed by atoms with Gasteiger partial charge in [0.2, 0.25) is 0 Å². The molecular weight excluding hydrogens is 328 g/mol. The SMILES string of the molecule is CNC(=O)c1ccc(NC(=O)c2oc3ccc(Cl)cc3c2C)cc1. The smallest absolute Gasteiger partial charge is 0.291 e. The van der Waals surface area contributed by atoms with Crippen LogP contribution in [0.25, 0.3) is 11.0 Å². The molecule has 0 spiro atoms. The molecule has 0 bridgehead atoms. The first kappa shape index (κ1) is 16.1. The first-order valence-corrected chi connectivity index (χ1v) is 7.69. The second-order valence-electron chi connectivity index (χ2n) is 5.31. The largest absolute Gasteiger partial charge is 0.451 e. The van der Waals surface area contributed by atoms with Gasteiger partial charge in [-0.05, 0) is 49.4 Å². The molecule has 0 saturated carbocycles. The topological polar surface area (TPSA) is 71.3 Å². The number of aryl methyl sites for hydroxylation is 1. The summed E-state index contributed by atoms with van der Waals surface area (Å²) >= 11 is 5.99. The maximum absolute atomic E-state index is 12.4. The van der Waals surface area contributed by atoms with E-state index in [4.69, 9.17) is 16.0 Å². The van der Waals surface area contributed by atoms with E-state index in [1.54, 1.807) is 49.5 Å². The van der Waals surface area contributed by atoms with E-state index in [-0.39, 0.29) is 17.6 Å². The lowest BCUT2D eigenvalue weighted by atomic mass is 10.1. The van der Waals surface area contributed by atoms with Crippen molar-refractivity contribution in [2.24, 2.45) is 0 Å². The number of anilines is 1. The predicted octanol–water partition coefficient (Wildman–Crippen LogP) is 4.01. The van der Waals surface area contributed by atoms with E-state index >= 15 is 0 Å². The third-order valence-corrected chi connectivity index (χ3v) is 3.97. The zero-order valence-corrected chi connectivity index (χ0v) is 13.9. The number of fused-ring (bicyclic) bond motifs is 1. The van der Waals surface area contributed by atoms with Crippen molar-refractivity contribution < 1.29 is 14.0 Å². The first-order chi connectivity index (χ1) is 11.5. The fourth-order valence-corrected chi connectivity index (χ4v) is 2.62. The number of amides is 2.